The van der Waals surface area contributed by atoms with Gasteiger partial charge in [-0.1, -0.05) is 23.7 Å². The number of halogens is 1. The van der Waals surface area contributed by atoms with Crippen molar-refractivity contribution in [2.75, 3.05) is 5.32 Å². The van der Waals surface area contributed by atoms with Crippen molar-refractivity contribution in [2.45, 2.75) is 6.54 Å². The van der Waals surface area contributed by atoms with Gasteiger partial charge in [-0.25, -0.2) is 4.79 Å². The number of para-hydroxylation sites is 1. The molecule has 0 fully saturated rings. The summed E-state index contributed by atoms with van der Waals surface area (Å²) >= 11 is 6.01. The summed E-state index contributed by atoms with van der Waals surface area (Å²) in [6, 6.07) is 7.29. The fourth-order valence-corrected chi connectivity index (χ4v) is 1.84. The zero-order valence-corrected chi connectivity index (χ0v) is 10.5. The fourth-order valence-electron chi connectivity index (χ4n) is 1.63. The molecule has 0 radical (unpaired) electrons. The first-order valence-electron chi connectivity index (χ1n) is 5.32. The van der Waals surface area contributed by atoms with Crippen LogP contribution in [0.1, 0.15) is 16.1 Å². The van der Waals surface area contributed by atoms with Crippen molar-refractivity contribution in [2.24, 2.45) is 7.05 Å². The van der Waals surface area contributed by atoms with Crippen LogP contribution in [0.15, 0.2) is 30.5 Å². The minimum Gasteiger partial charge on any atom is -0.478 e. The van der Waals surface area contributed by atoms with Gasteiger partial charge in [-0.3, -0.25) is 4.68 Å². The Bertz CT molecular complexity index is 580. The molecule has 0 saturated carbocycles. The van der Waals surface area contributed by atoms with E-state index in [0.717, 1.165) is 5.69 Å². The molecule has 5 nitrogen and oxygen atoms in total. The van der Waals surface area contributed by atoms with Crippen LogP contribution in [0.2, 0.25) is 5.02 Å². The maximum absolute atomic E-state index is 11.0. The average molecular weight is 266 g/mol. The van der Waals surface area contributed by atoms with E-state index in [1.807, 2.05) is 18.2 Å². The SMILES string of the molecule is Cn1ncc(C(=O)O)c1CNc1ccccc1Cl. The molecule has 0 saturated heterocycles. The number of hydrogen-bond donors (Lipinski definition) is 2. The molecule has 94 valence electrons. The minimum atomic E-state index is -0.987. The van der Waals surface area contributed by atoms with Crippen LogP contribution >= 0.6 is 11.6 Å². The summed E-state index contributed by atoms with van der Waals surface area (Å²) in [6.07, 6.45) is 1.34. The van der Waals surface area contributed by atoms with Crippen molar-refractivity contribution in [3.8, 4) is 0 Å². The van der Waals surface area contributed by atoms with Gasteiger partial charge in [0.25, 0.3) is 0 Å². The third-order valence-electron chi connectivity index (χ3n) is 2.61. The highest BCUT2D eigenvalue weighted by atomic mass is 35.5. The lowest BCUT2D eigenvalue weighted by atomic mass is 10.2. The van der Waals surface area contributed by atoms with Crippen molar-refractivity contribution in [3.63, 3.8) is 0 Å². The van der Waals surface area contributed by atoms with Gasteiger partial charge < -0.3 is 10.4 Å². The largest absolute Gasteiger partial charge is 0.478 e. The molecule has 0 unspecified atom stereocenters. The number of carbonyl (C=O) groups is 1. The average Bonchev–Trinajstić information content (AvgIpc) is 2.70. The molecule has 2 rings (SSSR count). The molecule has 0 aliphatic rings. The van der Waals surface area contributed by atoms with E-state index >= 15 is 0 Å². The van der Waals surface area contributed by atoms with E-state index in [1.54, 1.807) is 13.1 Å². The zero-order valence-electron chi connectivity index (χ0n) is 9.72. The molecule has 0 amide bonds. The van der Waals surface area contributed by atoms with E-state index in [0.29, 0.717) is 17.3 Å². The Morgan fingerprint density at radius 1 is 1.50 bits per heavy atom. The van der Waals surface area contributed by atoms with Gasteiger partial charge >= 0.3 is 5.97 Å². The summed E-state index contributed by atoms with van der Waals surface area (Å²) in [5.74, 6) is -0.987. The molecule has 1 aromatic carbocycles. The first-order chi connectivity index (χ1) is 8.59. The number of carboxylic acid groups (broad SMARTS) is 1. The van der Waals surface area contributed by atoms with E-state index in [4.69, 9.17) is 16.7 Å². The third-order valence-corrected chi connectivity index (χ3v) is 2.94. The number of aryl methyl sites for hydroxylation is 1. The monoisotopic (exact) mass is 265 g/mol. The van der Waals surface area contributed by atoms with Crippen LogP contribution in [0.25, 0.3) is 0 Å². The van der Waals surface area contributed by atoms with Crippen LogP contribution in [0.5, 0.6) is 0 Å². The number of nitrogens with one attached hydrogen (secondary N) is 1. The molecule has 1 aromatic heterocycles. The predicted molar refractivity (Wildman–Crippen MR) is 68.9 cm³/mol. The standard InChI is InChI=1S/C12H12ClN3O2/c1-16-11(8(6-15-16)12(17)18)7-14-10-5-3-2-4-9(10)13/h2-6,14H,7H2,1H3,(H,17,18). The van der Waals surface area contributed by atoms with Gasteiger partial charge in [0.15, 0.2) is 0 Å². The van der Waals surface area contributed by atoms with Crippen LogP contribution in [0, 0.1) is 0 Å². The molecule has 18 heavy (non-hydrogen) atoms. The molecule has 2 aromatic rings. The van der Waals surface area contributed by atoms with Crippen LogP contribution in [0.4, 0.5) is 5.69 Å². The topological polar surface area (TPSA) is 67.2 Å². The molecule has 0 bridgehead atoms. The highest BCUT2D eigenvalue weighted by molar-refractivity contribution is 6.33. The predicted octanol–water partition coefficient (Wildman–Crippen LogP) is 2.38. The van der Waals surface area contributed by atoms with Crippen molar-refractivity contribution >= 4 is 23.3 Å². The van der Waals surface area contributed by atoms with Gasteiger partial charge in [-0.15, -0.1) is 0 Å². The number of aromatic nitrogens is 2. The van der Waals surface area contributed by atoms with Gasteiger partial charge in [-0.2, -0.15) is 5.10 Å². The molecule has 0 aliphatic carbocycles. The van der Waals surface area contributed by atoms with Gasteiger partial charge in [0.1, 0.15) is 5.56 Å². The number of carboxylic acids is 1. The summed E-state index contributed by atoms with van der Waals surface area (Å²) in [4.78, 5) is 11.0. The van der Waals surface area contributed by atoms with E-state index < -0.39 is 5.97 Å². The molecule has 0 atom stereocenters. The van der Waals surface area contributed by atoms with E-state index in [1.165, 1.54) is 10.9 Å². The first kappa shape index (κ1) is 12.4. The van der Waals surface area contributed by atoms with Crippen molar-refractivity contribution in [1.29, 1.82) is 0 Å². The summed E-state index contributed by atoms with van der Waals surface area (Å²) in [5, 5.41) is 16.6. The number of anilines is 1. The lowest BCUT2D eigenvalue weighted by Crippen LogP contribution is -2.10. The lowest BCUT2D eigenvalue weighted by Gasteiger charge is -2.09. The lowest BCUT2D eigenvalue weighted by molar-refractivity contribution is 0.0695. The number of benzene rings is 1. The Morgan fingerprint density at radius 3 is 2.89 bits per heavy atom. The zero-order chi connectivity index (χ0) is 13.1. The fraction of sp³-hybridized carbons (Fsp3) is 0.167. The van der Waals surface area contributed by atoms with Crippen molar-refractivity contribution in [1.82, 2.24) is 9.78 Å². The van der Waals surface area contributed by atoms with Gasteiger partial charge in [0, 0.05) is 7.05 Å². The second-order valence-corrected chi connectivity index (χ2v) is 4.17. The third kappa shape index (κ3) is 2.46. The van der Waals surface area contributed by atoms with Crippen LogP contribution in [-0.2, 0) is 13.6 Å². The first-order valence-corrected chi connectivity index (χ1v) is 5.70. The summed E-state index contributed by atoms with van der Waals surface area (Å²) in [7, 11) is 1.70. The van der Waals surface area contributed by atoms with Crippen LogP contribution < -0.4 is 5.32 Å². The summed E-state index contributed by atoms with van der Waals surface area (Å²) in [6.45, 7) is 0.349. The minimum absolute atomic E-state index is 0.192. The van der Waals surface area contributed by atoms with E-state index in [2.05, 4.69) is 10.4 Å². The Labute approximate surface area is 109 Å². The Hall–Kier alpha value is -2.01. The van der Waals surface area contributed by atoms with Crippen LogP contribution in [-0.4, -0.2) is 20.9 Å². The van der Waals surface area contributed by atoms with E-state index in [-0.39, 0.29) is 5.56 Å². The second-order valence-electron chi connectivity index (χ2n) is 3.77. The highest BCUT2D eigenvalue weighted by Crippen LogP contribution is 2.21. The molecule has 2 N–H and O–H groups in total. The summed E-state index contributed by atoms with van der Waals surface area (Å²) < 4.78 is 1.54. The van der Waals surface area contributed by atoms with Crippen molar-refractivity contribution in [3.05, 3.63) is 46.7 Å². The second kappa shape index (κ2) is 5.10. The maximum Gasteiger partial charge on any atom is 0.339 e. The normalized spacial score (nSPS) is 10.3. The molecular weight excluding hydrogens is 254 g/mol. The molecule has 1 heterocycles. The Kier molecular flexibility index (Phi) is 3.53. The van der Waals surface area contributed by atoms with Gasteiger partial charge in [0.05, 0.1) is 29.1 Å². The van der Waals surface area contributed by atoms with Gasteiger partial charge in [0.2, 0.25) is 0 Å². The molecule has 6 heteroatoms. The highest BCUT2D eigenvalue weighted by Gasteiger charge is 2.14. The molecule has 0 aliphatic heterocycles. The molecule has 0 spiro atoms. The maximum atomic E-state index is 11.0. The van der Waals surface area contributed by atoms with E-state index in [9.17, 15) is 4.79 Å². The number of rotatable bonds is 4. The van der Waals surface area contributed by atoms with Crippen LogP contribution in [0.3, 0.4) is 0 Å². The smallest absolute Gasteiger partial charge is 0.339 e. The number of hydrogen-bond acceptors (Lipinski definition) is 3. The quantitative estimate of drug-likeness (QED) is 0.891. The number of nitrogens with zero attached hydrogens (tertiary/aromatic N) is 2. The van der Waals surface area contributed by atoms with Crippen molar-refractivity contribution < 1.29 is 9.90 Å². The molecular formula is C12H12ClN3O2. The van der Waals surface area contributed by atoms with Gasteiger partial charge in [-0.05, 0) is 12.1 Å². The Balaban J connectivity index is 2.18. The number of aromatic carboxylic acids is 1. The Morgan fingerprint density at radius 2 is 2.22 bits per heavy atom. The summed E-state index contributed by atoms with van der Waals surface area (Å²) in [5.41, 5.74) is 1.55.